The van der Waals surface area contributed by atoms with E-state index in [-0.39, 0.29) is 5.75 Å². The zero-order chi connectivity index (χ0) is 15.7. The van der Waals surface area contributed by atoms with Crippen LogP contribution < -0.4 is 4.74 Å². The molecule has 0 amide bonds. The standard InChI is InChI=1S/C18H17NO3/c1-12-18(22-13(2)20)17-15(9-6-10-16(17)21)19(12)11-14-7-4-3-5-8-14/h3-10,21H,11H2,1-2H3. The fraction of sp³-hybridized carbons (Fsp3) is 0.167. The molecule has 0 aliphatic rings. The third-order valence-corrected chi connectivity index (χ3v) is 3.70. The molecule has 112 valence electrons. The van der Waals surface area contributed by atoms with Crippen LogP contribution in [0.1, 0.15) is 18.2 Å². The molecule has 4 heteroatoms. The van der Waals surface area contributed by atoms with E-state index in [2.05, 4.69) is 0 Å². The number of phenols is 1. The van der Waals surface area contributed by atoms with E-state index >= 15 is 0 Å². The van der Waals surface area contributed by atoms with Crippen LogP contribution in [-0.4, -0.2) is 15.6 Å². The Bertz CT molecular complexity index is 834. The second-order valence-corrected chi connectivity index (χ2v) is 5.25. The molecule has 3 rings (SSSR count). The number of esters is 1. The third kappa shape index (κ3) is 2.44. The number of carbonyl (C=O) groups is 1. The summed E-state index contributed by atoms with van der Waals surface area (Å²) in [5.74, 6) is 0.144. The van der Waals surface area contributed by atoms with Gasteiger partial charge in [0.25, 0.3) is 0 Å². The van der Waals surface area contributed by atoms with Crippen molar-refractivity contribution in [2.75, 3.05) is 0 Å². The molecule has 1 aromatic heterocycles. The van der Waals surface area contributed by atoms with E-state index in [1.54, 1.807) is 12.1 Å². The summed E-state index contributed by atoms with van der Waals surface area (Å²) in [7, 11) is 0. The summed E-state index contributed by atoms with van der Waals surface area (Å²) in [5.41, 5.74) is 2.80. The topological polar surface area (TPSA) is 51.5 Å². The van der Waals surface area contributed by atoms with E-state index in [0.29, 0.717) is 17.7 Å². The van der Waals surface area contributed by atoms with Crippen LogP contribution in [0, 0.1) is 6.92 Å². The maximum absolute atomic E-state index is 11.4. The lowest BCUT2D eigenvalue weighted by molar-refractivity contribution is -0.131. The van der Waals surface area contributed by atoms with Crippen molar-refractivity contribution in [3.63, 3.8) is 0 Å². The number of phenolic OH excluding ortho intramolecular Hbond substituents is 1. The lowest BCUT2D eigenvalue weighted by Gasteiger charge is -2.08. The number of aromatic hydroxyl groups is 1. The van der Waals surface area contributed by atoms with Crippen LogP contribution in [0.3, 0.4) is 0 Å². The normalized spacial score (nSPS) is 10.8. The number of fused-ring (bicyclic) bond motifs is 1. The summed E-state index contributed by atoms with van der Waals surface area (Å²) in [4.78, 5) is 11.4. The highest BCUT2D eigenvalue weighted by molar-refractivity contribution is 5.95. The summed E-state index contributed by atoms with van der Waals surface area (Å²) < 4.78 is 7.38. The number of nitrogens with zero attached hydrogens (tertiary/aromatic N) is 1. The highest BCUT2D eigenvalue weighted by Crippen LogP contribution is 2.39. The zero-order valence-corrected chi connectivity index (χ0v) is 12.5. The first kappa shape index (κ1) is 14.2. The molecule has 0 radical (unpaired) electrons. The van der Waals surface area contributed by atoms with Gasteiger partial charge in [0.1, 0.15) is 5.75 Å². The van der Waals surface area contributed by atoms with Crippen LogP contribution in [0.2, 0.25) is 0 Å². The quantitative estimate of drug-likeness (QED) is 0.751. The molecule has 0 aliphatic carbocycles. The summed E-state index contributed by atoms with van der Waals surface area (Å²) in [6, 6.07) is 15.3. The van der Waals surface area contributed by atoms with Crippen LogP contribution in [0.5, 0.6) is 11.5 Å². The second kappa shape index (κ2) is 5.56. The largest absolute Gasteiger partial charge is 0.507 e. The van der Waals surface area contributed by atoms with Crippen molar-refractivity contribution in [2.45, 2.75) is 20.4 Å². The highest BCUT2D eigenvalue weighted by atomic mass is 16.5. The molecule has 1 N–H and O–H groups in total. The Kier molecular flexibility index (Phi) is 3.59. The predicted molar refractivity (Wildman–Crippen MR) is 85.2 cm³/mol. The Labute approximate surface area is 128 Å². The van der Waals surface area contributed by atoms with E-state index < -0.39 is 5.97 Å². The summed E-state index contributed by atoms with van der Waals surface area (Å²) >= 11 is 0. The maximum Gasteiger partial charge on any atom is 0.308 e. The van der Waals surface area contributed by atoms with E-state index in [1.807, 2.05) is 47.9 Å². The lowest BCUT2D eigenvalue weighted by Crippen LogP contribution is -2.05. The van der Waals surface area contributed by atoms with Gasteiger partial charge in [0.15, 0.2) is 5.75 Å². The second-order valence-electron chi connectivity index (χ2n) is 5.25. The van der Waals surface area contributed by atoms with Gasteiger partial charge in [-0.15, -0.1) is 0 Å². The molecular formula is C18H17NO3. The zero-order valence-electron chi connectivity index (χ0n) is 12.5. The molecule has 0 unspecified atom stereocenters. The van der Waals surface area contributed by atoms with Crippen molar-refractivity contribution in [1.82, 2.24) is 4.57 Å². The molecule has 2 aromatic carbocycles. The van der Waals surface area contributed by atoms with Crippen molar-refractivity contribution < 1.29 is 14.6 Å². The minimum absolute atomic E-state index is 0.115. The number of hydrogen-bond donors (Lipinski definition) is 1. The van der Waals surface area contributed by atoms with Gasteiger partial charge in [0, 0.05) is 13.5 Å². The van der Waals surface area contributed by atoms with Crippen LogP contribution >= 0.6 is 0 Å². The van der Waals surface area contributed by atoms with E-state index in [4.69, 9.17) is 4.74 Å². The molecule has 3 aromatic rings. The van der Waals surface area contributed by atoms with Crippen LogP contribution in [0.25, 0.3) is 10.9 Å². The predicted octanol–water partition coefficient (Wildman–Crippen LogP) is 3.63. The number of rotatable bonds is 3. The number of benzene rings is 2. The van der Waals surface area contributed by atoms with Crippen LogP contribution in [0.4, 0.5) is 0 Å². The SMILES string of the molecule is CC(=O)Oc1c(C)n(Cc2ccccc2)c2cccc(O)c12. The van der Waals surface area contributed by atoms with E-state index in [1.165, 1.54) is 6.92 Å². The van der Waals surface area contributed by atoms with Gasteiger partial charge < -0.3 is 14.4 Å². The minimum Gasteiger partial charge on any atom is -0.507 e. The third-order valence-electron chi connectivity index (χ3n) is 3.70. The van der Waals surface area contributed by atoms with E-state index in [0.717, 1.165) is 16.8 Å². The number of aromatic nitrogens is 1. The minimum atomic E-state index is -0.398. The van der Waals surface area contributed by atoms with Gasteiger partial charge in [-0.25, -0.2) is 0 Å². The lowest BCUT2D eigenvalue weighted by atomic mass is 10.2. The molecule has 0 fully saturated rings. The van der Waals surface area contributed by atoms with Gasteiger partial charge >= 0.3 is 5.97 Å². The van der Waals surface area contributed by atoms with Crippen molar-refractivity contribution in [1.29, 1.82) is 0 Å². The number of hydrogen-bond acceptors (Lipinski definition) is 3. The summed E-state index contributed by atoms with van der Waals surface area (Å²) in [5, 5.41) is 10.7. The molecule has 0 bridgehead atoms. The molecule has 0 saturated carbocycles. The Balaban J connectivity index is 2.20. The molecule has 0 atom stereocenters. The Morgan fingerprint density at radius 2 is 1.86 bits per heavy atom. The molecular weight excluding hydrogens is 278 g/mol. The van der Waals surface area contributed by atoms with Crippen molar-refractivity contribution in [3.8, 4) is 11.5 Å². The average molecular weight is 295 g/mol. The van der Waals surface area contributed by atoms with E-state index in [9.17, 15) is 9.90 Å². The van der Waals surface area contributed by atoms with Gasteiger partial charge in [0.2, 0.25) is 0 Å². The number of carbonyl (C=O) groups excluding carboxylic acids is 1. The Morgan fingerprint density at radius 1 is 1.14 bits per heavy atom. The van der Waals surface area contributed by atoms with Crippen molar-refractivity contribution in [3.05, 3.63) is 59.8 Å². The molecule has 22 heavy (non-hydrogen) atoms. The molecule has 4 nitrogen and oxygen atoms in total. The summed E-state index contributed by atoms with van der Waals surface area (Å²) in [6.07, 6.45) is 0. The number of ether oxygens (including phenoxy) is 1. The Hall–Kier alpha value is -2.75. The molecule has 0 aliphatic heterocycles. The van der Waals surface area contributed by atoms with Crippen LogP contribution in [-0.2, 0) is 11.3 Å². The molecule has 0 saturated heterocycles. The monoisotopic (exact) mass is 295 g/mol. The first-order chi connectivity index (χ1) is 10.6. The van der Waals surface area contributed by atoms with Crippen molar-refractivity contribution >= 4 is 16.9 Å². The fourth-order valence-corrected chi connectivity index (χ4v) is 2.71. The van der Waals surface area contributed by atoms with Gasteiger partial charge in [-0.05, 0) is 24.6 Å². The average Bonchev–Trinajstić information content (AvgIpc) is 2.75. The molecule has 1 heterocycles. The van der Waals surface area contributed by atoms with Gasteiger partial charge in [-0.1, -0.05) is 36.4 Å². The van der Waals surface area contributed by atoms with Gasteiger partial charge in [-0.2, -0.15) is 0 Å². The van der Waals surface area contributed by atoms with Gasteiger partial charge in [-0.3, -0.25) is 4.79 Å². The highest BCUT2D eigenvalue weighted by Gasteiger charge is 2.19. The fourth-order valence-electron chi connectivity index (χ4n) is 2.71. The maximum atomic E-state index is 11.4. The van der Waals surface area contributed by atoms with Crippen LogP contribution in [0.15, 0.2) is 48.5 Å². The first-order valence-electron chi connectivity index (χ1n) is 7.11. The molecule has 0 spiro atoms. The summed E-state index contributed by atoms with van der Waals surface area (Å²) in [6.45, 7) is 3.90. The first-order valence-corrected chi connectivity index (χ1v) is 7.11. The smallest absolute Gasteiger partial charge is 0.308 e. The van der Waals surface area contributed by atoms with Gasteiger partial charge in [0.05, 0.1) is 16.6 Å². The van der Waals surface area contributed by atoms with Crippen molar-refractivity contribution in [2.24, 2.45) is 0 Å². The Morgan fingerprint density at radius 3 is 2.55 bits per heavy atom.